The topological polar surface area (TPSA) is 94.9 Å². The third-order valence-electron chi connectivity index (χ3n) is 4.82. The number of anilines is 1. The van der Waals surface area contributed by atoms with E-state index < -0.39 is 0 Å². The van der Waals surface area contributed by atoms with Crippen LogP contribution in [0.25, 0.3) is 0 Å². The Kier molecular flexibility index (Phi) is 4.73. The summed E-state index contributed by atoms with van der Waals surface area (Å²) in [6.07, 6.45) is 4.28. The van der Waals surface area contributed by atoms with Crippen LogP contribution in [0.1, 0.15) is 57.1 Å². The number of hydrogen-bond donors (Lipinski definition) is 0. The Balaban J connectivity index is 1.93. The summed E-state index contributed by atoms with van der Waals surface area (Å²) < 4.78 is 3.73. The number of hydrogen-bond acceptors (Lipinski definition) is 6. The van der Waals surface area contributed by atoms with Crippen molar-refractivity contribution in [3.05, 3.63) is 28.0 Å². The van der Waals surface area contributed by atoms with Crippen LogP contribution in [0.5, 0.6) is 0 Å². The molecule has 1 aliphatic rings. The van der Waals surface area contributed by atoms with Crippen molar-refractivity contribution in [2.45, 2.75) is 52.0 Å². The predicted octanol–water partition coefficient (Wildman–Crippen LogP) is 2.45. The highest BCUT2D eigenvalue weighted by atomic mass is 16.6. The van der Waals surface area contributed by atoms with Gasteiger partial charge in [-0.1, -0.05) is 6.92 Å². The van der Waals surface area contributed by atoms with Crippen LogP contribution in [0, 0.1) is 10.1 Å². The minimum atomic E-state index is -0.304. The Bertz CT molecular complexity index is 765. The molecule has 0 aliphatic carbocycles. The van der Waals surface area contributed by atoms with Gasteiger partial charge in [-0.25, -0.2) is 4.68 Å². The van der Waals surface area contributed by atoms with Gasteiger partial charge in [0.05, 0.1) is 4.92 Å². The Morgan fingerprint density at radius 1 is 1.44 bits per heavy atom. The molecule has 3 heterocycles. The third kappa shape index (κ3) is 3.10. The van der Waals surface area contributed by atoms with Crippen molar-refractivity contribution in [2.75, 3.05) is 18.0 Å². The van der Waals surface area contributed by atoms with Gasteiger partial charge in [-0.3, -0.25) is 10.1 Å². The number of piperidine rings is 1. The van der Waals surface area contributed by atoms with E-state index in [2.05, 4.69) is 38.6 Å². The molecular weight excluding hydrogens is 322 g/mol. The second-order valence-corrected chi connectivity index (χ2v) is 6.83. The summed E-state index contributed by atoms with van der Waals surface area (Å²) in [5.74, 6) is 1.76. The van der Waals surface area contributed by atoms with Gasteiger partial charge in [-0.2, -0.15) is 5.10 Å². The standard InChI is InChI=1S/C16H25N7O2/c1-5-13-14(23(24)25)16(20(4)19-13)21-8-6-7-12(9-21)15-18-17-10-22(15)11(2)3/h10-12H,5-9H2,1-4H3. The van der Waals surface area contributed by atoms with Crippen molar-refractivity contribution in [3.63, 3.8) is 0 Å². The Morgan fingerprint density at radius 3 is 2.84 bits per heavy atom. The molecule has 0 spiro atoms. The highest BCUT2D eigenvalue weighted by Crippen LogP contribution is 2.36. The van der Waals surface area contributed by atoms with Crippen molar-refractivity contribution in [3.8, 4) is 0 Å². The quantitative estimate of drug-likeness (QED) is 0.609. The smallest absolute Gasteiger partial charge is 0.334 e. The molecule has 9 heteroatoms. The second-order valence-electron chi connectivity index (χ2n) is 6.83. The normalized spacial score (nSPS) is 18.1. The molecule has 0 aromatic carbocycles. The summed E-state index contributed by atoms with van der Waals surface area (Å²) in [5.41, 5.74) is 0.672. The van der Waals surface area contributed by atoms with E-state index in [1.165, 1.54) is 0 Å². The first-order chi connectivity index (χ1) is 11.9. The van der Waals surface area contributed by atoms with Crippen molar-refractivity contribution >= 4 is 11.5 Å². The maximum absolute atomic E-state index is 11.6. The Labute approximate surface area is 146 Å². The Hall–Kier alpha value is -2.45. The molecule has 25 heavy (non-hydrogen) atoms. The van der Waals surface area contributed by atoms with Crippen molar-refractivity contribution < 1.29 is 4.92 Å². The maximum Gasteiger partial charge on any atom is 0.334 e. The van der Waals surface area contributed by atoms with Crippen molar-refractivity contribution in [1.82, 2.24) is 24.5 Å². The summed E-state index contributed by atoms with van der Waals surface area (Å²) in [7, 11) is 1.78. The van der Waals surface area contributed by atoms with Gasteiger partial charge >= 0.3 is 5.69 Å². The molecule has 136 valence electrons. The zero-order valence-corrected chi connectivity index (χ0v) is 15.2. The van der Waals surface area contributed by atoms with Gasteiger partial charge in [0.15, 0.2) is 0 Å². The van der Waals surface area contributed by atoms with Crippen molar-refractivity contribution in [2.24, 2.45) is 7.05 Å². The van der Waals surface area contributed by atoms with Crippen LogP contribution in [0.4, 0.5) is 11.5 Å². The summed E-state index contributed by atoms with van der Waals surface area (Å²) in [6.45, 7) is 7.58. The van der Waals surface area contributed by atoms with E-state index in [9.17, 15) is 10.1 Å². The summed E-state index contributed by atoms with van der Waals surface area (Å²) in [6, 6.07) is 0.290. The molecule has 0 amide bonds. The van der Waals surface area contributed by atoms with Crippen LogP contribution in [-0.4, -0.2) is 42.6 Å². The minimum absolute atomic E-state index is 0.135. The average Bonchev–Trinajstić information content (AvgIpc) is 3.19. The minimum Gasteiger partial charge on any atom is -0.350 e. The fourth-order valence-corrected chi connectivity index (χ4v) is 3.66. The van der Waals surface area contributed by atoms with Crippen LogP contribution in [0.2, 0.25) is 0 Å². The molecule has 3 rings (SSSR count). The molecule has 2 aromatic rings. The zero-order chi connectivity index (χ0) is 18.1. The molecule has 1 saturated heterocycles. The number of nitro groups is 1. The number of aromatic nitrogens is 5. The van der Waals surface area contributed by atoms with Gasteiger partial charge in [0, 0.05) is 32.1 Å². The molecular formula is C16H25N7O2. The van der Waals surface area contributed by atoms with Gasteiger partial charge < -0.3 is 9.47 Å². The fourth-order valence-electron chi connectivity index (χ4n) is 3.66. The van der Waals surface area contributed by atoms with E-state index in [1.807, 2.05) is 6.92 Å². The molecule has 9 nitrogen and oxygen atoms in total. The molecule has 1 atom stereocenters. The first-order valence-corrected chi connectivity index (χ1v) is 8.78. The van der Waals surface area contributed by atoms with Gasteiger partial charge in [0.1, 0.15) is 17.8 Å². The molecule has 0 bridgehead atoms. The first-order valence-electron chi connectivity index (χ1n) is 8.78. The van der Waals surface area contributed by atoms with E-state index in [-0.39, 0.29) is 22.6 Å². The van der Waals surface area contributed by atoms with E-state index in [0.29, 0.717) is 24.5 Å². The largest absolute Gasteiger partial charge is 0.350 e. The molecule has 1 aliphatic heterocycles. The van der Waals surface area contributed by atoms with Crippen LogP contribution in [-0.2, 0) is 13.5 Å². The van der Waals surface area contributed by atoms with E-state index in [1.54, 1.807) is 18.1 Å². The molecule has 0 radical (unpaired) electrons. The molecule has 1 unspecified atom stereocenters. The fraction of sp³-hybridized carbons (Fsp3) is 0.688. The van der Waals surface area contributed by atoms with Crippen LogP contribution in [0.15, 0.2) is 6.33 Å². The lowest BCUT2D eigenvalue weighted by Crippen LogP contribution is -2.37. The van der Waals surface area contributed by atoms with Crippen LogP contribution >= 0.6 is 0 Å². The SMILES string of the molecule is CCc1nn(C)c(N2CCCC(c3nncn3C(C)C)C2)c1[N+](=O)[O-]. The molecule has 0 saturated carbocycles. The van der Waals surface area contributed by atoms with Gasteiger partial charge in [-0.15, -0.1) is 10.2 Å². The molecule has 1 fully saturated rings. The average molecular weight is 347 g/mol. The van der Waals surface area contributed by atoms with Gasteiger partial charge in [0.25, 0.3) is 0 Å². The Morgan fingerprint density at radius 2 is 2.20 bits per heavy atom. The second kappa shape index (κ2) is 6.81. The third-order valence-corrected chi connectivity index (χ3v) is 4.82. The van der Waals surface area contributed by atoms with E-state index >= 15 is 0 Å². The van der Waals surface area contributed by atoms with Crippen LogP contribution in [0.3, 0.4) is 0 Å². The van der Waals surface area contributed by atoms with Gasteiger partial charge in [-0.05, 0) is 33.1 Å². The summed E-state index contributed by atoms with van der Waals surface area (Å²) in [4.78, 5) is 13.4. The lowest BCUT2D eigenvalue weighted by atomic mass is 9.96. The molecule has 0 N–H and O–H groups in total. The number of aryl methyl sites for hydroxylation is 2. The first kappa shape index (κ1) is 17.4. The lowest BCUT2D eigenvalue weighted by molar-refractivity contribution is -0.384. The summed E-state index contributed by atoms with van der Waals surface area (Å²) >= 11 is 0. The highest BCUT2D eigenvalue weighted by Gasteiger charge is 2.34. The van der Waals surface area contributed by atoms with Gasteiger partial charge in [0.2, 0.25) is 5.82 Å². The number of nitrogens with zero attached hydrogens (tertiary/aromatic N) is 7. The van der Waals surface area contributed by atoms with E-state index in [0.717, 1.165) is 25.2 Å². The predicted molar refractivity (Wildman–Crippen MR) is 93.8 cm³/mol. The number of rotatable bonds is 5. The highest BCUT2D eigenvalue weighted by molar-refractivity contribution is 5.62. The van der Waals surface area contributed by atoms with Crippen molar-refractivity contribution in [1.29, 1.82) is 0 Å². The lowest BCUT2D eigenvalue weighted by Gasteiger charge is -2.33. The summed E-state index contributed by atoms with van der Waals surface area (Å²) in [5, 5.41) is 24.4. The zero-order valence-electron chi connectivity index (χ0n) is 15.2. The monoisotopic (exact) mass is 347 g/mol. The van der Waals surface area contributed by atoms with E-state index in [4.69, 9.17) is 0 Å². The molecule has 2 aromatic heterocycles. The van der Waals surface area contributed by atoms with Crippen LogP contribution < -0.4 is 4.90 Å². The maximum atomic E-state index is 11.6.